The van der Waals surface area contributed by atoms with Crippen LogP contribution in [0.25, 0.3) is 0 Å². The van der Waals surface area contributed by atoms with E-state index in [0.29, 0.717) is 19.6 Å². The molecule has 0 aromatic heterocycles. The molecule has 1 rings (SSSR count). The average molecular weight is 314 g/mol. The van der Waals surface area contributed by atoms with Gasteiger partial charge in [0.2, 0.25) is 11.8 Å². The molecule has 2 amide bonds. The molecule has 1 aromatic rings. The number of nitrogens with two attached hydrogens (primary N) is 1. The van der Waals surface area contributed by atoms with Gasteiger partial charge in [0.15, 0.2) is 0 Å². The molecule has 6 heteroatoms. The summed E-state index contributed by atoms with van der Waals surface area (Å²) in [6.45, 7) is 4.71. The third-order valence-corrected chi connectivity index (χ3v) is 3.03. The maximum atomic E-state index is 11.7. The van der Waals surface area contributed by atoms with Crippen LogP contribution in [-0.4, -0.2) is 35.8 Å². The van der Waals surface area contributed by atoms with E-state index in [4.69, 9.17) is 5.73 Å². The van der Waals surface area contributed by atoms with Gasteiger partial charge in [0.1, 0.15) is 0 Å². The fourth-order valence-electron chi connectivity index (χ4n) is 1.79. The minimum absolute atomic E-state index is 0. The maximum absolute atomic E-state index is 11.7. The first-order valence-corrected chi connectivity index (χ1v) is 6.81. The van der Waals surface area contributed by atoms with Gasteiger partial charge in [0, 0.05) is 39.0 Å². The number of halogens is 1. The van der Waals surface area contributed by atoms with Crippen LogP contribution in [0.5, 0.6) is 0 Å². The van der Waals surface area contributed by atoms with Gasteiger partial charge in [-0.1, -0.05) is 30.3 Å². The molecule has 3 N–H and O–H groups in total. The molecule has 0 fully saturated rings. The van der Waals surface area contributed by atoms with Gasteiger partial charge in [-0.2, -0.15) is 0 Å². The molecule has 1 aromatic carbocycles. The zero-order valence-electron chi connectivity index (χ0n) is 12.5. The van der Waals surface area contributed by atoms with Crippen molar-refractivity contribution in [2.75, 3.05) is 13.1 Å². The summed E-state index contributed by atoms with van der Waals surface area (Å²) in [5.74, 6) is -0.115. The number of rotatable bonds is 7. The van der Waals surface area contributed by atoms with E-state index in [1.807, 2.05) is 37.3 Å². The monoisotopic (exact) mass is 313 g/mol. The van der Waals surface area contributed by atoms with Crippen molar-refractivity contribution >= 4 is 24.2 Å². The minimum atomic E-state index is -0.0812. The first kappa shape index (κ1) is 19.4. The van der Waals surface area contributed by atoms with Gasteiger partial charge in [0.05, 0.1) is 0 Å². The van der Waals surface area contributed by atoms with Crippen molar-refractivity contribution < 1.29 is 9.59 Å². The smallest absolute Gasteiger partial charge is 0.222 e. The Kier molecular flexibility index (Phi) is 9.41. The van der Waals surface area contributed by atoms with Gasteiger partial charge in [-0.25, -0.2) is 0 Å². The summed E-state index contributed by atoms with van der Waals surface area (Å²) in [5, 5.41) is 2.79. The molecule has 118 valence electrons. The molecule has 21 heavy (non-hydrogen) atoms. The molecule has 0 aliphatic carbocycles. The number of carbonyl (C=O) groups excluding carboxylic acids is 2. The molecule has 0 aliphatic heterocycles. The molecule has 0 radical (unpaired) electrons. The van der Waals surface area contributed by atoms with Crippen molar-refractivity contribution in [3.8, 4) is 0 Å². The van der Waals surface area contributed by atoms with E-state index in [0.717, 1.165) is 5.56 Å². The van der Waals surface area contributed by atoms with E-state index < -0.39 is 0 Å². The van der Waals surface area contributed by atoms with Crippen LogP contribution in [0.2, 0.25) is 0 Å². The molecule has 0 spiro atoms. The Hall–Kier alpha value is -1.59. The minimum Gasteiger partial charge on any atom is -0.352 e. The molecule has 0 saturated carbocycles. The molecule has 0 heterocycles. The fourth-order valence-corrected chi connectivity index (χ4v) is 1.79. The molecular weight excluding hydrogens is 290 g/mol. The normalized spacial score (nSPS) is 11.2. The highest BCUT2D eigenvalue weighted by Gasteiger charge is 2.12. The van der Waals surface area contributed by atoms with Crippen LogP contribution in [0, 0.1) is 0 Å². The van der Waals surface area contributed by atoms with Crippen molar-refractivity contribution in [2.45, 2.75) is 32.9 Å². The maximum Gasteiger partial charge on any atom is 0.222 e. The SMILES string of the molecule is CC(=O)N(CCC(=O)N[C@@H](C)CN)Cc1ccccc1.Cl. The average Bonchev–Trinajstić information content (AvgIpc) is 2.44. The van der Waals surface area contributed by atoms with Crippen molar-refractivity contribution in [1.29, 1.82) is 0 Å². The first-order valence-electron chi connectivity index (χ1n) is 6.81. The van der Waals surface area contributed by atoms with Gasteiger partial charge < -0.3 is 16.0 Å². The lowest BCUT2D eigenvalue weighted by atomic mass is 10.2. The van der Waals surface area contributed by atoms with E-state index in [-0.39, 0.29) is 36.7 Å². The summed E-state index contributed by atoms with van der Waals surface area (Å²) >= 11 is 0. The summed E-state index contributed by atoms with van der Waals surface area (Å²) in [7, 11) is 0. The molecule has 0 aliphatic rings. The summed E-state index contributed by atoms with van der Waals surface area (Å²) in [5.41, 5.74) is 6.50. The second kappa shape index (κ2) is 10.2. The van der Waals surface area contributed by atoms with E-state index in [1.165, 1.54) is 6.92 Å². The number of benzene rings is 1. The van der Waals surface area contributed by atoms with E-state index in [1.54, 1.807) is 4.90 Å². The lowest BCUT2D eigenvalue weighted by molar-refractivity contribution is -0.130. The Balaban J connectivity index is 0.00000400. The van der Waals surface area contributed by atoms with E-state index in [9.17, 15) is 9.59 Å². The van der Waals surface area contributed by atoms with Gasteiger partial charge in [-0.15, -0.1) is 12.4 Å². The Morgan fingerprint density at radius 1 is 1.29 bits per heavy atom. The highest BCUT2D eigenvalue weighted by atomic mass is 35.5. The Labute approximate surface area is 132 Å². The molecule has 0 bridgehead atoms. The van der Waals surface area contributed by atoms with Crippen molar-refractivity contribution in [2.24, 2.45) is 5.73 Å². The predicted octanol–water partition coefficient (Wildman–Crippen LogP) is 1.31. The second-order valence-corrected chi connectivity index (χ2v) is 4.88. The molecule has 0 unspecified atom stereocenters. The van der Waals surface area contributed by atoms with Gasteiger partial charge >= 0.3 is 0 Å². The zero-order valence-corrected chi connectivity index (χ0v) is 13.4. The number of hydrogen-bond acceptors (Lipinski definition) is 3. The topological polar surface area (TPSA) is 75.4 Å². The predicted molar refractivity (Wildman–Crippen MR) is 86.1 cm³/mol. The third kappa shape index (κ3) is 7.68. The Bertz CT molecular complexity index is 440. The number of carbonyl (C=O) groups is 2. The molecule has 1 atom stereocenters. The van der Waals surface area contributed by atoms with Crippen LogP contribution in [0.4, 0.5) is 0 Å². The van der Waals surface area contributed by atoms with Crippen LogP contribution >= 0.6 is 12.4 Å². The highest BCUT2D eigenvalue weighted by molar-refractivity contribution is 5.85. The number of amides is 2. The van der Waals surface area contributed by atoms with Gasteiger partial charge in [-0.05, 0) is 12.5 Å². The largest absolute Gasteiger partial charge is 0.352 e. The van der Waals surface area contributed by atoms with E-state index >= 15 is 0 Å². The van der Waals surface area contributed by atoms with Crippen molar-refractivity contribution in [3.63, 3.8) is 0 Å². The quantitative estimate of drug-likeness (QED) is 0.797. The van der Waals surface area contributed by atoms with Crippen LogP contribution in [0.1, 0.15) is 25.8 Å². The lowest BCUT2D eigenvalue weighted by Crippen LogP contribution is -2.40. The number of nitrogens with zero attached hydrogens (tertiary/aromatic N) is 1. The number of hydrogen-bond donors (Lipinski definition) is 2. The fraction of sp³-hybridized carbons (Fsp3) is 0.467. The second-order valence-electron chi connectivity index (χ2n) is 4.88. The standard InChI is InChI=1S/C15H23N3O2.ClH/c1-12(10-16)17-15(20)8-9-18(13(2)19)11-14-6-4-3-5-7-14;/h3-7,12H,8-11,16H2,1-2H3,(H,17,20);1H/t12-;/m0./s1. The van der Waals surface area contributed by atoms with Crippen LogP contribution in [0.15, 0.2) is 30.3 Å². The van der Waals surface area contributed by atoms with Crippen molar-refractivity contribution in [1.82, 2.24) is 10.2 Å². The van der Waals surface area contributed by atoms with Crippen LogP contribution in [-0.2, 0) is 16.1 Å². The summed E-state index contributed by atoms with van der Waals surface area (Å²) < 4.78 is 0. The first-order chi connectivity index (χ1) is 9.52. The summed E-state index contributed by atoms with van der Waals surface area (Å²) in [6.07, 6.45) is 0.288. The molecule has 5 nitrogen and oxygen atoms in total. The number of nitrogens with one attached hydrogen (secondary N) is 1. The van der Waals surface area contributed by atoms with Crippen molar-refractivity contribution in [3.05, 3.63) is 35.9 Å². The summed E-state index contributed by atoms with van der Waals surface area (Å²) in [6, 6.07) is 9.69. The van der Waals surface area contributed by atoms with Crippen LogP contribution in [0.3, 0.4) is 0 Å². The van der Waals surface area contributed by atoms with E-state index in [2.05, 4.69) is 5.32 Å². The highest BCUT2D eigenvalue weighted by Crippen LogP contribution is 2.05. The Morgan fingerprint density at radius 2 is 1.90 bits per heavy atom. The third-order valence-electron chi connectivity index (χ3n) is 3.03. The Morgan fingerprint density at radius 3 is 2.43 bits per heavy atom. The zero-order chi connectivity index (χ0) is 15.0. The molecule has 0 saturated heterocycles. The van der Waals surface area contributed by atoms with Crippen LogP contribution < -0.4 is 11.1 Å². The lowest BCUT2D eigenvalue weighted by Gasteiger charge is -2.21. The van der Waals surface area contributed by atoms with Gasteiger partial charge in [-0.3, -0.25) is 9.59 Å². The van der Waals surface area contributed by atoms with Gasteiger partial charge in [0.25, 0.3) is 0 Å². The summed E-state index contributed by atoms with van der Waals surface area (Å²) in [4.78, 5) is 25.0. The molecular formula is C15H24ClN3O2.